The van der Waals surface area contributed by atoms with Crippen molar-refractivity contribution >= 4 is 23.3 Å². The van der Waals surface area contributed by atoms with Gasteiger partial charge in [-0.25, -0.2) is 4.98 Å². The molecule has 0 spiro atoms. The van der Waals surface area contributed by atoms with E-state index in [0.717, 1.165) is 36.2 Å². The highest BCUT2D eigenvalue weighted by atomic mass is 35.5. The third-order valence-electron chi connectivity index (χ3n) is 5.61. The Bertz CT molecular complexity index is 1080. The second-order valence-electron chi connectivity index (χ2n) is 7.93. The molecule has 3 N–H and O–H groups in total. The van der Waals surface area contributed by atoms with Crippen LogP contribution < -0.4 is 10.9 Å². The number of hydrogen-bond donors (Lipinski definition) is 3. The summed E-state index contributed by atoms with van der Waals surface area (Å²) in [6.07, 6.45) is 4.19. The monoisotopic (exact) mass is 433 g/mol. The molecule has 0 unspecified atom stereocenters. The molecule has 0 amide bonds. The Labute approximate surface area is 181 Å². The number of aromatic nitrogens is 4. The minimum atomic E-state index is -0.753. The van der Waals surface area contributed by atoms with Crippen LogP contribution in [0.5, 0.6) is 0 Å². The number of rotatable bonds is 5. The van der Waals surface area contributed by atoms with E-state index in [-0.39, 0.29) is 30.6 Å². The highest BCUT2D eigenvalue weighted by molar-refractivity contribution is 5.86. The predicted octanol–water partition coefficient (Wildman–Crippen LogP) is 1.39. The lowest BCUT2D eigenvalue weighted by Crippen LogP contribution is -2.47. The first-order chi connectivity index (χ1) is 13.9. The van der Waals surface area contributed by atoms with Crippen molar-refractivity contribution < 1.29 is 10.2 Å². The Morgan fingerprint density at radius 2 is 2.17 bits per heavy atom. The highest BCUT2D eigenvalue weighted by Crippen LogP contribution is 2.23. The molecule has 1 aliphatic rings. The zero-order valence-electron chi connectivity index (χ0n) is 17.2. The van der Waals surface area contributed by atoms with Crippen molar-refractivity contribution in [1.29, 1.82) is 0 Å². The second kappa shape index (κ2) is 9.26. The van der Waals surface area contributed by atoms with Crippen molar-refractivity contribution in [2.75, 3.05) is 6.54 Å². The van der Waals surface area contributed by atoms with E-state index in [9.17, 15) is 15.0 Å². The maximum Gasteiger partial charge on any atom is 0.261 e. The molecule has 4 rings (SSSR count). The van der Waals surface area contributed by atoms with Gasteiger partial charge in [0, 0.05) is 24.8 Å². The summed E-state index contributed by atoms with van der Waals surface area (Å²) in [5, 5.41) is 28.8. The maximum atomic E-state index is 13.1. The maximum absolute atomic E-state index is 13.1. The number of nitrogens with zero attached hydrogens (tertiary/aromatic N) is 4. The summed E-state index contributed by atoms with van der Waals surface area (Å²) in [6, 6.07) is 5.55. The zero-order chi connectivity index (χ0) is 20.5. The van der Waals surface area contributed by atoms with Gasteiger partial charge < -0.3 is 15.5 Å². The molecule has 30 heavy (non-hydrogen) atoms. The second-order valence-corrected chi connectivity index (χ2v) is 7.93. The average molecular weight is 434 g/mol. The summed E-state index contributed by atoms with van der Waals surface area (Å²) in [4.78, 5) is 17.5. The number of aliphatic hydroxyl groups is 2. The van der Waals surface area contributed by atoms with E-state index in [2.05, 4.69) is 15.4 Å². The van der Waals surface area contributed by atoms with Crippen LogP contribution in [0.15, 0.2) is 35.5 Å². The van der Waals surface area contributed by atoms with Crippen molar-refractivity contribution in [3.05, 3.63) is 46.6 Å². The zero-order valence-corrected chi connectivity index (χ0v) is 18.0. The van der Waals surface area contributed by atoms with Crippen molar-refractivity contribution in [3.63, 3.8) is 0 Å². The van der Waals surface area contributed by atoms with Gasteiger partial charge in [-0.3, -0.25) is 14.0 Å². The minimum Gasteiger partial charge on any atom is -0.392 e. The molecule has 162 valence electrons. The van der Waals surface area contributed by atoms with E-state index in [1.807, 2.05) is 38.4 Å². The number of nitrogens with one attached hydrogen (secondary N) is 1. The Balaban J connectivity index is 0.00000256. The van der Waals surface area contributed by atoms with Crippen LogP contribution in [0.25, 0.3) is 22.2 Å². The number of aryl methyl sites for hydroxylation is 2. The molecular formula is C21H28ClN5O3. The minimum absolute atomic E-state index is 0. The molecule has 1 fully saturated rings. The van der Waals surface area contributed by atoms with Crippen molar-refractivity contribution in [3.8, 4) is 11.3 Å². The fourth-order valence-electron chi connectivity index (χ4n) is 4.07. The normalized spacial score (nSPS) is 20.1. The Morgan fingerprint density at radius 1 is 1.37 bits per heavy atom. The van der Waals surface area contributed by atoms with Crippen LogP contribution in [0.3, 0.4) is 0 Å². The number of aliphatic hydroxyl groups excluding tert-OH is 2. The molecule has 1 aliphatic heterocycles. The van der Waals surface area contributed by atoms with Gasteiger partial charge in [-0.05, 0) is 56.5 Å². The molecule has 0 aliphatic carbocycles. The van der Waals surface area contributed by atoms with E-state index in [1.54, 1.807) is 4.68 Å². The molecule has 8 nitrogen and oxygen atoms in total. The predicted molar refractivity (Wildman–Crippen MR) is 118 cm³/mol. The first kappa shape index (κ1) is 22.4. The van der Waals surface area contributed by atoms with Gasteiger partial charge in [0.2, 0.25) is 0 Å². The largest absolute Gasteiger partial charge is 0.392 e. The van der Waals surface area contributed by atoms with Gasteiger partial charge in [0.25, 0.3) is 5.56 Å². The van der Waals surface area contributed by atoms with E-state index >= 15 is 0 Å². The molecule has 0 saturated carbocycles. The smallest absolute Gasteiger partial charge is 0.261 e. The topological polar surface area (TPSA) is 105 Å². The summed E-state index contributed by atoms with van der Waals surface area (Å²) in [5.74, 6) is 0. The van der Waals surface area contributed by atoms with Crippen LogP contribution in [0, 0.1) is 6.92 Å². The number of fused-ring (bicyclic) bond motifs is 1. The number of piperidine rings is 1. The van der Waals surface area contributed by atoms with Crippen molar-refractivity contribution in [2.24, 2.45) is 7.05 Å². The molecule has 2 aromatic heterocycles. The van der Waals surface area contributed by atoms with Gasteiger partial charge in [-0.2, -0.15) is 5.10 Å². The fraction of sp³-hybridized carbons (Fsp3) is 0.476. The van der Waals surface area contributed by atoms with E-state index in [0.29, 0.717) is 17.3 Å². The quantitative estimate of drug-likeness (QED) is 0.561. The molecule has 1 saturated heterocycles. The highest BCUT2D eigenvalue weighted by Gasteiger charge is 2.25. The van der Waals surface area contributed by atoms with Gasteiger partial charge in [0.15, 0.2) is 0 Å². The van der Waals surface area contributed by atoms with E-state index < -0.39 is 12.2 Å². The van der Waals surface area contributed by atoms with Gasteiger partial charge in [0.05, 0.1) is 41.7 Å². The van der Waals surface area contributed by atoms with Crippen molar-refractivity contribution in [1.82, 2.24) is 24.6 Å². The molecule has 3 atom stereocenters. The van der Waals surface area contributed by atoms with Crippen LogP contribution >= 0.6 is 12.4 Å². The molecule has 1 aromatic carbocycles. The average Bonchev–Trinajstić information content (AvgIpc) is 3.12. The van der Waals surface area contributed by atoms with Gasteiger partial charge in [-0.1, -0.05) is 0 Å². The molecule has 0 bridgehead atoms. The number of hydrogen-bond acceptors (Lipinski definition) is 6. The van der Waals surface area contributed by atoms with Gasteiger partial charge in [-0.15, -0.1) is 12.4 Å². The van der Waals surface area contributed by atoms with Crippen LogP contribution in [-0.2, 0) is 13.6 Å². The Kier molecular flexibility index (Phi) is 6.92. The lowest BCUT2D eigenvalue weighted by molar-refractivity contribution is 0.0539. The summed E-state index contributed by atoms with van der Waals surface area (Å²) in [5.41, 5.74) is 3.03. The summed E-state index contributed by atoms with van der Waals surface area (Å²) >= 11 is 0. The summed E-state index contributed by atoms with van der Waals surface area (Å²) in [7, 11) is 1.85. The molecule has 3 aromatic rings. The van der Waals surface area contributed by atoms with Crippen LogP contribution in [0.1, 0.15) is 24.8 Å². The lowest BCUT2D eigenvalue weighted by Gasteiger charge is -2.30. The Hall–Kier alpha value is -2.26. The number of benzene rings is 1. The molecule has 0 radical (unpaired) electrons. The van der Waals surface area contributed by atoms with Gasteiger partial charge >= 0.3 is 0 Å². The third-order valence-corrected chi connectivity index (χ3v) is 5.61. The summed E-state index contributed by atoms with van der Waals surface area (Å²) < 4.78 is 3.17. The first-order valence-electron chi connectivity index (χ1n) is 10.0. The Morgan fingerprint density at radius 3 is 2.87 bits per heavy atom. The lowest BCUT2D eigenvalue weighted by atomic mass is 9.96. The summed E-state index contributed by atoms with van der Waals surface area (Å²) in [6.45, 7) is 2.90. The fourth-order valence-corrected chi connectivity index (χ4v) is 4.07. The van der Waals surface area contributed by atoms with Crippen LogP contribution in [0.4, 0.5) is 0 Å². The third kappa shape index (κ3) is 4.57. The van der Waals surface area contributed by atoms with Crippen LogP contribution in [-0.4, -0.2) is 54.3 Å². The van der Waals surface area contributed by atoms with Gasteiger partial charge in [0.1, 0.15) is 0 Å². The van der Waals surface area contributed by atoms with Crippen LogP contribution in [0.2, 0.25) is 0 Å². The molecular weight excluding hydrogens is 406 g/mol. The molecule has 3 heterocycles. The van der Waals surface area contributed by atoms with E-state index in [1.165, 1.54) is 10.9 Å². The standard InChI is InChI=1S/C21H27N5O3.ClH/c1-13-8-14(17-5-7-25(2)24-17)9-16-20(13)23-12-26(21(16)29)11-15(27)10-18-19(28)4-3-6-22-18;/h5,7-9,12,15,18-19,22,27-28H,3-4,6,10-11H2,1-2H3;1H/t15-,18+,19-;/m0./s1. The first-order valence-corrected chi connectivity index (χ1v) is 10.0. The number of halogens is 1. The molecule has 9 heteroatoms. The van der Waals surface area contributed by atoms with Crippen molar-refractivity contribution in [2.45, 2.75) is 51.0 Å². The van der Waals surface area contributed by atoms with E-state index in [4.69, 9.17) is 0 Å². The SMILES string of the molecule is Cc1cc(-c2ccn(C)n2)cc2c(=O)n(C[C@@H](O)C[C@H]3NCCC[C@@H]3O)cnc12.Cl.